The van der Waals surface area contributed by atoms with Crippen LogP contribution in [0.4, 0.5) is 11.6 Å². The Kier molecular flexibility index (Phi) is 5.76. The van der Waals surface area contributed by atoms with E-state index in [2.05, 4.69) is 22.3 Å². The lowest BCUT2D eigenvalue weighted by Crippen LogP contribution is -2.33. The van der Waals surface area contributed by atoms with Crippen LogP contribution in [0, 0.1) is 0 Å². The molecule has 0 spiro atoms. The summed E-state index contributed by atoms with van der Waals surface area (Å²) in [4.78, 5) is 10.6. The van der Waals surface area contributed by atoms with Crippen LogP contribution >= 0.6 is 0 Å². The van der Waals surface area contributed by atoms with Gasteiger partial charge in [0.1, 0.15) is 18.2 Å². The van der Waals surface area contributed by atoms with Crippen LogP contribution < -0.4 is 16.2 Å². The molecule has 1 heterocycles. The molecule has 0 fully saturated rings. The number of nitrogen functional groups attached to an aromatic ring is 1. The van der Waals surface area contributed by atoms with Crippen molar-refractivity contribution in [2.24, 2.45) is 5.84 Å². The lowest BCUT2D eigenvalue weighted by Gasteiger charge is -2.25. The molecule has 0 aliphatic heterocycles. The highest BCUT2D eigenvalue weighted by atomic mass is 16.5. The second kappa shape index (κ2) is 7.10. The molecule has 1 atom stereocenters. The van der Waals surface area contributed by atoms with Crippen LogP contribution in [0.2, 0.25) is 0 Å². The van der Waals surface area contributed by atoms with Gasteiger partial charge in [-0.15, -0.1) is 0 Å². The highest BCUT2D eigenvalue weighted by molar-refractivity contribution is 5.48. The maximum absolute atomic E-state index is 5.39. The van der Waals surface area contributed by atoms with Gasteiger partial charge >= 0.3 is 0 Å². The van der Waals surface area contributed by atoms with E-state index in [0.717, 1.165) is 5.82 Å². The molecule has 0 saturated heterocycles. The predicted molar refractivity (Wildman–Crippen MR) is 70.3 cm³/mol. The van der Waals surface area contributed by atoms with Gasteiger partial charge in [-0.05, 0) is 6.92 Å². The average molecular weight is 255 g/mol. The van der Waals surface area contributed by atoms with Crippen molar-refractivity contribution in [3.63, 3.8) is 0 Å². The van der Waals surface area contributed by atoms with Crippen LogP contribution in [-0.4, -0.2) is 43.9 Å². The van der Waals surface area contributed by atoms with Crippen molar-refractivity contribution in [3.8, 4) is 0 Å². The lowest BCUT2D eigenvalue weighted by molar-refractivity contribution is 0.177. The number of nitrogens with one attached hydrogen (secondary N) is 1. The van der Waals surface area contributed by atoms with Crippen molar-refractivity contribution >= 4 is 11.6 Å². The maximum Gasteiger partial charge on any atom is 0.158 e. The van der Waals surface area contributed by atoms with Gasteiger partial charge in [0.2, 0.25) is 0 Å². The Morgan fingerprint density at radius 3 is 2.67 bits per heavy atom. The molecule has 1 rings (SSSR count). The first-order valence-corrected chi connectivity index (χ1v) is 5.67. The molecule has 102 valence electrons. The standard InChI is InChI=1S/C11H21N5O2/c1-8(6-17-3)16(2)11-5-9(15-12)13-10(14-11)7-18-4/h5,8H,6-7,12H2,1-4H3,(H,13,14,15). The monoisotopic (exact) mass is 255 g/mol. The van der Waals surface area contributed by atoms with E-state index in [1.165, 1.54) is 0 Å². The topological polar surface area (TPSA) is 85.5 Å². The van der Waals surface area contributed by atoms with Gasteiger partial charge < -0.3 is 19.8 Å². The summed E-state index contributed by atoms with van der Waals surface area (Å²) in [6.07, 6.45) is 0. The van der Waals surface area contributed by atoms with Crippen molar-refractivity contribution < 1.29 is 9.47 Å². The summed E-state index contributed by atoms with van der Waals surface area (Å²) in [6, 6.07) is 1.98. The molecule has 18 heavy (non-hydrogen) atoms. The Hall–Kier alpha value is -1.44. The summed E-state index contributed by atoms with van der Waals surface area (Å²) in [5.41, 5.74) is 2.53. The van der Waals surface area contributed by atoms with Crippen molar-refractivity contribution in [3.05, 3.63) is 11.9 Å². The van der Waals surface area contributed by atoms with Crippen LogP contribution in [0.5, 0.6) is 0 Å². The van der Waals surface area contributed by atoms with Crippen molar-refractivity contribution in [1.29, 1.82) is 0 Å². The molecule has 7 nitrogen and oxygen atoms in total. The number of ether oxygens (including phenoxy) is 2. The van der Waals surface area contributed by atoms with E-state index in [0.29, 0.717) is 24.9 Å². The lowest BCUT2D eigenvalue weighted by atomic mass is 10.3. The minimum Gasteiger partial charge on any atom is -0.383 e. The van der Waals surface area contributed by atoms with E-state index in [1.54, 1.807) is 20.3 Å². The molecule has 0 aliphatic carbocycles. The second-order valence-corrected chi connectivity index (χ2v) is 4.02. The molecule has 1 unspecified atom stereocenters. The number of anilines is 2. The molecule has 0 amide bonds. The summed E-state index contributed by atoms with van der Waals surface area (Å²) in [7, 11) is 5.22. The van der Waals surface area contributed by atoms with E-state index in [4.69, 9.17) is 15.3 Å². The molecule has 1 aromatic heterocycles. The summed E-state index contributed by atoms with van der Waals surface area (Å²) >= 11 is 0. The van der Waals surface area contributed by atoms with Gasteiger partial charge in [0, 0.05) is 27.3 Å². The van der Waals surface area contributed by atoms with E-state index >= 15 is 0 Å². The molecular formula is C11H21N5O2. The number of nitrogens with two attached hydrogens (primary N) is 1. The zero-order chi connectivity index (χ0) is 13.5. The van der Waals surface area contributed by atoms with Gasteiger partial charge in [0.15, 0.2) is 5.82 Å². The van der Waals surface area contributed by atoms with Crippen LogP contribution in [-0.2, 0) is 16.1 Å². The quantitative estimate of drug-likeness (QED) is 0.538. The molecular weight excluding hydrogens is 234 g/mol. The van der Waals surface area contributed by atoms with Gasteiger partial charge in [0.05, 0.1) is 12.6 Å². The van der Waals surface area contributed by atoms with E-state index in [9.17, 15) is 0 Å². The van der Waals surface area contributed by atoms with Crippen molar-refractivity contribution in [2.45, 2.75) is 19.6 Å². The Balaban J connectivity index is 2.95. The molecule has 7 heteroatoms. The first kappa shape index (κ1) is 14.6. The number of methoxy groups -OCH3 is 2. The zero-order valence-corrected chi connectivity index (χ0v) is 11.3. The Morgan fingerprint density at radius 1 is 1.39 bits per heavy atom. The molecule has 3 N–H and O–H groups in total. The SMILES string of the molecule is COCc1nc(NN)cc(N(C)C(C)COC)n1. The fourth-order valence-corrected chi connectivity index (χ4v) is 1.51. The van der Waals surface area contributed by atoms with Crippen molar-refractivity contribution in [1.82, 2.24) is 9.97 Å². The average Bonchev–Trinajstić information content (AvgIpc) is 2.38. The smallest absolute Gasteiger partial charge is 0.158 e. The maximum atomic E-state index is 5.39. The molecule has 0 radical (unpaired) electrons. The number of hydrogen-bond donors (Lipinski definition) is 2. The van der Waals surface area contributed by atoms with Gasteiger partial charge in [-0.1, -0.05) is 0 Å². The highest BCUT2D eigenvalue weighted by Crippen LogP contribution is 2.16. The minimum absolute atomic E-state index is 0.200. The van der Waals surface area contributed by atoms with E-state index < -0.39 is 0 Å². The largest absolute Gasteiger partial charge is 0.383 e. The van der Waals surface area contributed by atoms with Gasteiger partial charge in [0.25, 0.3) is 0 Å². The predicted octanol–water partition coefficient (Wildman–Crippen LogP) is 0.380. The van der Waals surface area contributed by atoms with Crippen LogP contribution in [0.1, 0.15) is 12.7 Å². The summed E-state index contributed by atoms with van der Waals surface area (Å²) in [5, 5.41) is 0. The fraction of sp³-hybridized carbons (Fsp3) is 0.636. The summed E-state index contributed by atoms with van der Waals surface area (Å²) in [5.74, 6) is 7.31. The molecule has 0 aliphatic rings. The number of nitrogens with zero attached hydrogens (tertiary/aromatic N) is 3. The third-order valence-corrected chi connectivity index (χ3v) is 2.61. The third-order valence-electron chi connectivity index (χ3n) is 2.61. The first-order valence-electron chi connectivity index (χ1n) is 5.67. The fourth-order valence-electron chi connectivity index (χ4n) is 1.51. The van der Waals surface area contributed by atoms with Crippen LogP contribution in [0.15, 0.2) is 6.07 Å². The van der Waals surface area contributed by atoms with Crippen LogP contribution in [0.25, 0.3) is 0 Å². The van der Waals surface area contributed by atoms with Crippen molar-refractivity contribution in [2.75, 3.05) is 38.2 Å². The van der Waals surface area contributed by atoms with E-state index in [-0.39, 0.29) is 6.04 Å². The first-order chi connectivity index (χ1) is 8.62. The molecule has 0 bridgehead atoms. The number of hydrazine groups is 1. The van der Waals surface area contributed by atoms with Gasteiger partial charge in [-0.3, -0.25) is 0 Å². The molecule has 0 saturated carbocycles. The minimum atomic E-state index is 0.200. The number of rotatable bonds is 7. The second-order valence-electron chi connectivity index (χ2n) is 4.02. The Bertz CT molecular complexity index is 374. The Labute approximate surface area is 107 Å². The molecule has 0 aromatic carbocycles. The third kappa shape index (κ3) is 3.80. The highest BCUT2D eigenvalue weighted by Gasteiger charge is 2.13. The number of aromatic nitrogens is 2. The van der Waals surface area contributed by atoms with E-state index in [1.807, 2.05) is 11.9 Å². The normalized spacial score (nSPS) is 12.3. The Morgan fingerprint density at radius 2 is 2.11 bits per heavy atom. The zero-order valence-electron chi connectivity index (χ0n) is 11.3. The van der Waals surface area contributed by atoms with Gasteiger partial charge in [-0.25, -0.2) is 15.8 Å². The number of likely N-dealkylation sites (N-methyl/N-ethyl adjacent to an activating group) is 1. The van der Waals surface area contributed by atoms with Gasteiger partial charge in [-0.2, -0.15) is 0 Å². The number of hydrogen-bond acceptors (Lipinski definition) is 7. The summed E-state index contributed by atoms with van der Waals surface area (Å²) in [6.45, 7) is 3.01. The van der Waals surface area contributed by atoms with Crippen LogP contribution in [0.3, 0.4) is 0 Å². The molecule has 1 aromatic rings. The summed E-state index contributed by atoms with van der Waals surface area (Å²) < 4.78 is 10.2.